The molecule has 1 aliphatic heterocycles. The summed E-state index contributed by atoms with van der Waals surface area (Å²) in [7, 11) is 1.49. The van der Waals surface area contributed by atoms with Crippen molar-refractivity contribution >= 4 is 16.9 Å². The van der Waals surface area contributed by atoms with Gasteiger partial charge in [0.2, 0.25) is 11.2 Å². The molecule has 0 aliphatic carbocycles. The fraction of sp³-hybridized carbons (Fsp3) is 0.312. The van der Waals surface area contributed by atoms with Crippen LogP contribution in [0.2, 0.25) is 0 Å². The summed E-state index contributed by atoms with van der Waals surface area (Å²) in [5, 5.41) is -0.141. The fourth-order valence-corrected chi connectivity index (χ4v) is 4.89. The van der Waals surface area contributed by atoms with E-state index >= 15 is 0 Å². The van der Waals surface area contributed by atoms with Crippen LogP contribution in [-0.2, 0) is 17.5 Å². The van der Waals surface area contributed by atoms with Crippen LogP contribution in [0.1, 0.15) is 38.4 Å². The molecule has 1 aliphatic rings. The number of aryl methyl sites for hydroxylation is 2. The highest BCUT2D eigenvalue weighted by Crippen LogP contribution is 2.41. The Bertz CT molecular complexity index is 1720. The number of nitrogens with zero attached hydrogens (tertiary/aromatic N) is 1. The molecule has 11 heteroatoms. The van der Waals surface area contributed by atoms with Gasteiger partial charge in [0, 0.05) is 19.6 Å². The van der Waals surface area contributed by atoms with Gasteiger partial charge in [-0.05, 0) is 79.9 Å². The molecule has 1 saturated heterocycles. The molecule has 0 N–H and O–H groups in total. The Morgan fingerprint density at radius 2 is 1.67 bits per heavy atom. The Balaban J connectivity index is 1.66. The maximum Gasteiger partial charge on any atom is 0.453 e. The zero-order valence-corrected chi connectivity index (χ0v) is 24.1. The number of benzene rings is 3. The molecular weight excluding hydrogens is 567 g/mol. The monoisotopic (exact) mass is 597 g/mol. The van der Waals surface area contributed by atoms with Gasteiger partial charge in [0.25, 0.3) is 5.76 Å². The van der Waals surface area contributed by atoms with Crippen molar-refractivity contribution in [1.82, 2.24) is 4.90 Å². The van der Waals surface area contributed by atoms with E-state index in [1.54, 1.807) is 39.0 Å². The minimum Gasteiger partial charge on any atom is -0.497 e. The van der Waals surface area contributed by atoms with Crippen molar-refractivity contribution in [2.75, 3.05) is 33.4 Å². The van der Waals surface area contributed by atoms with Crippen molar-refractivity contribution < 1.29 is 41.3 Å². The highest BCUT2D eigenvalue weighted by atomic mass is 19.4. The number of hydrogen-bond donors (Lipinski definition) is 0. The third kappa shape index (κ3) is 6.37. The zero-order chi connectivity index (χ0) is 30.9. The Morgan fingerprint density at radius 1 is 0.977 bits per heavy atom. The molecule has 3 aromatic carbocycles. The number of carbonyl (C=O) groups is 1. The number of hydrogen-bond acceptors (Lipinski definition) is 8. The highest BCUT2D eigenvalue weighted by Gasteiger charge is 2.41. The lowest BCUT2D eigenvalue weighted by molar-refractivity contribution is -0.154. The van der Waals surface area contributed by atoms with Crippen molar-refractivity contribution in [3.63, 3.8) is 0 Å². The van der Waals surface area contributed by atoms with Gasteiger partial charge >= 0.3 is 12.1 Å². The van der Waals surface area contributed by atoms with Gasteiger partial charge in [0.15, 0.2) is 0 Å². The number of morpholine rings is 1. The van der Waals surface area contributed by atoms with E-state index in [4.69, 9.17) is 23.4 Å². The van der Waals surface area contributed by atoms with Gasteiger partial charge in [-0.15, -0.1) is 0 Å². The summed E-state index contributed by atoms with van der Waals surface area (Å²) in [6, 6.07) is 12.3. The standard InChI is InChI=1S/C32H30F3NO7/c1-18-15-19(2)20(3)26(16-18)41-29-27(37)23-9-10-25(42-31(38)21-5-7-22(39-4)8-6-21)24(17-36-11-13-40-14-12-36)28(23)43-30(29)32(33,34)35/h5-10,15-16H,11-14,17H2,1-4H3. The van der Waals surface area contributed by atoms with E-state index in [0.29, 0.717) is 37.6 Å². The van der Waals surface area contributed by atoms with Gasteiger partial charge in [0.05, 0.1) is 36.8 Å². The molecule has 1 aromatic heterocycles. The van der Waals surface area contributed by atoms with E-state index in [0.717, 1.165) is 11.1 Å². The third-order valence-corrected chi connectivity index (χ3v) is 7.33. The van der Waals surface area contributed by atoms with E-state index in [-0.39, 0.29) is 40.1 Å². The van der Waals surface area contributed by atoms with Gasteiger partial charge in [-0.2, -0.15) is 13.2 Å². The van der Waals surface area contributed by atoms with Crippen molar-refractivity contribution in [3.8, 4) is 23.0 Å². The predicted molar refractivity (Wildman–Crippen MR) is 152 cm³/mol. The van der Waals surface area contributed by atoms with Crippen LogP contribution in [0.5, 0.6) is 23.0 Å². The fourth-order valence-electron chi connectivity index (χ4n) is 4.89. The maximum absolute atomic E-state index is 14.5. The molecule has 4 aromatic rings. The summed E-state index contributed by atoms with van der Waals surface area (Å²) in [6.07, 6.45) is -5.07. The minimum atomic E-state index is -5.07. The predicted octanol–water partition coefficient (Wildman–Crippen LogP) is 6.59. The van der Waals surface area contributed by atoms with Gasteiger partial charge < -0.3 is 23.4 Å². The van der Waals surface area contributed by atoms with Crippen LogP contribution in [0.25, 0.3) is 11.0 Å². The lowest BCUT2D eigenvalue weighted by Gasteiger charge is -2.27. The molecule has 0 spiro atoms. The van der Waals surface area contributed by atoms with Gasteiger partial charge in [-0.3, -0.25) is 9.69 Å². The number of ether oxygens (including phenoxy) is 4. The smallest absolute Gasteiger partial charge is 0.453 e. The van der Waals surface area contributed by atoms with Crippen LogP contribution in [0.4, 0.5) is 13.2 Å². The Hall–Kier alpha value is -4.35. The molecule has 0 radical (unpaired) electrons. The summed E-state index contributed by atoms with van der Waals surface area (Å²) in [5.74, 6) is -2.67. The second kappa shape index (κ2) is 12.1. The molecule has 0 bridgehead atoms. The Morgan fingerprint density at radius 3 is 2.33 bits per heavy atom. The van der Waals surface area contributed by atoms with E-state index in [9.17, 15) is 22.8 Å². The summed E-state index contributed by atoms with van der Waals surface area (Å²) in [6.45, 7) is 7.10. The summed E-state index contributed by atoms with van der Waals surface area (Å²) in [4.78, 5) is 28.7. The highest BCUT2D eigenvalue weighted by molar-refractivity contribution is 5.92. The maximum atomic E-state index is 14.5. The quantitative estimate of drug-likeness (QED) is 0.174. The van der Waals surface area contributed by atoms with E-state index < -0.39 is 29.1 Å². The number of carbonyl (C=O) groups excluding carboxylic acids is 1. The number of halogens is 3. The first-order valence-electron chi connectivity index (χ1n) is 13.6. The van der Waals surface area contributed by atoms with Gasteiger partial charge in [0.1, 0.15) is 22.8 Å². The van der Waals surface area contributed by atoms with Crippen molar-refractivity contribution in [3.05, 3.63) is 92.3 Å². The largest absolute Gasteiger partial charge is 0.497 e. The van der Waals surface area contributed by atoms with Gasteiger partial charge in [-0.1, -0.05) is 6.07 Å². The summed E-state index contributed by atoms with van der Waals surface area (Å²) in [5.41, 5.74) is 1.13. The molecule has 0 unspecified atom stereocenters. The van der Waals surface area contributed by atoms with Crippen LogP contribution < -0.4 is 19.6 Å². The number of rotatable bonds is 7. The molecule has 1 fully saturated rings. The number of fused-ring (bicyclic) bond motifs is 1. The van der Waals surface area contributed by atoms with E-state index in [1.165, 1.54) is 31.4 Å². The zero-order valence-electron chi connectivity index (χ0n) is 24.1. The first-order chi connectivity index (χ1) is 20.5. The number of alkyl halides is 3. The molecule has 0 amide bonds. The second-order valence-electron chi connectivity index (χ2n) is 10.3. The second-order valence-corrected chi connectivity index (χ2v) is 10.3. The average molecular weight is 598 g/mol. The van der Waals surface area contributed by atoms with Crippen LogP contribution in [0.15, 0.2) is 57.7 Å². The molecule has 226 valence electrons. The van der Waals surface area contributed by atoms with Crippen LogP contribution in [0, 0.1) is 20.8 Å². The lowest BCUT2D eigenvalue weighted by Crippen LogP contribution is -2.36. The van der Waals surface area contributed by atoms with E-state index in [1.807, 2.05) is 11.0 Å². The molecule has 43 heavy (non-hydrogen) atoms. The molecular formula is C32H30F3NO7. The normalized spacial score (nSPS) is 14.1. The van der Waals surface area contributed by atoms with Crippen LogP contribution in [-0.4, -0.2) is 44.3 Å². The summed E-state index contributed by atoms with van der Waals surface area (Å²) >= 11 is 0. The van der Waals surface area contributed by atoms with Crippen molar-refractivity contribution in [2.45, 2.75) is 33.5 Å². The topological polar surface area (TPSA) is 87.4 Å². The lowest BCUT2D eigenvalue weighted by atomic mass is 10.1. The number of methoxy groups -OCH3 is 1. The number of esters is 1. The van der Waals surface area contributed by atoms with Crippen LogP contribution in [0.3, 0.4) is 0 Å². The van der Waals surface area contributed by atoms with Crippen molar-refractivity contribution in [1.29, 1.82) is 0 Å². The first-order valence-corrected chi connectivity index (χ1v) is 13.6. The Kier molecular flexibility index (Phi) is 8.48. The van der Waals surface area contributed by atoms with Crippen LogP contribution >= 0.6 is 0 Å². The summed E-state index contributed by atoms with van der Waals surface area (Å²) < 4.78 is 70.8. The molecule has 0 atom stereocenters. The molecule has 5 rings (SSSR count). The SMILES string of the molecule is COc1ccc(C(=O)Oc2ccc3c(=O)c(Oc4cc(C)cc(C)c4C)c(C(F)(F)F)oc3c2CN2CCOCC2)cc1. The van der Waals surface area contributed by atoms with Crippen molar-refractivity contribution in [2.24, 2.45) is 0 Å². The third-order valence-electron chi connectivity index (χ3n) is 7.33. The molecule has 2 heterocycles. The van der Waals surface area contributed by atoms with Gasteiger partial charge in [-0.25, -0.2) is 4.79 Å². The molecule has 8 nitrogen and oxygen atoms in total. The molecule has 0 saturated carbocycles. The minimum absolute atomic E-state index is 0.0325. The Labute approximate surface area is 245 Å². The van der Waals surface area contributed by atoms with E-state index in [2.05, 4.69) is 0 Å². The average Bonchev–Trinajstić information content (AvgIpc) is 2.98. The first kappa shape index (κ1) is 30.1.